The summed E-state index contributed by atoms with van der Waals surface area (Å²) >= 11 is 0. The van der Waals surface area contributed by atoms with Gasteiger partial charge in [-0.15, -0.1) is 0 Å². The molecule has 8 nitrogen and oxygen atoms in total. The number of aliphatic carboxylic acids is 1. The second-order valence-corrected chi connectivity index (χ2v) is 14.1. The third-order valence-electron chi connectivity index (χ3n) is 9.32. The molecule has 1 saturated carbocycles. The van der Waals surface area contributed by atoms with E-state index in [1.807, 2.05) is 23.7 Å². The smallest absolute Gasteiger partial charge is 0.309 e. The first kappa shape index (κ1) is 28.9. The Morgan fingerprint density at radius 3 is 2.60 bits per heavy atom. The number of fused-ring (bicyclic) bond motifs is 1. The van der Waals surface area contributed by atoms with Crippen LogP contribution in [0.1, 0.15) is 94.0 Å². The van der Waals surface area contributed by atoms with Gasteiger partial charge in [-0.3, -0.25) is 9.48 Å². The van der Waals surface area contributed by atoms with E-state index in [0.717, 1.165) is 67.0 Å². The van der Waals surface area contributed by atoms with Gasteiger partial charge in [0.15, 0.2) is 0 Å². The monoisotopic (exact) mass is 591 g/mol. The van der Waals surface area contributed by atoms with Gasteiger partial charge in [0.1, 0.15) is 5.75 Å². The molecule has 3 aromatic rings. The minimum atomic E-state index is -3.77. The van der Waals surface area contributed by atoms with Crippen LogP contribution < -0.4 is 4.74 Å². The molecular formula is C33H41N3O5S. The summed E-state index contributed by atoms with van der Waals surface area (Å²) in [5.74, 6) is -0.00834. The van der Waals surface area contributed by atoms with Crippen LogP contribution in [-0.2, 0) is 21.2 Å². The minimum absolute atomic E-state index is 0.00395. The summed E-state index contributed by atoms with van der Waals surface area (Å²) in [4.78, 5) is 12.1. The van der Waals surface area contributed by atoms with Crippen LogP contribution in [0.25, 0.3) is 16.5 Å². The maximum Gasteiger partial charge on any atom is 0.309 e. The number of rotatable bonds is 9. The Morgan fingerprint density at radius 1 is 1.07 bits per heavy atom. The lowest BCUT2D eigenvalue weighted by Gasteiger charge is -2.22. The molecule has 0 unspecified atom stereocenters. The highest BCUT2D eigenvalue weighted by molar-refractivity contribution is 7.89. The Labute approximate surface area is 248 Å². The predicted octanol–water partition coefficient (Wildman–Crippen LogP) is 6.56. The molecule has 0 bridgehead atoms. The molecule has 2 aromatic carbocycles. The fraction of sp³-hybridized carbons (Fsp3) is 0.515. The highest BCUT2D eigenvalue weighted by atomic mass is 32.2. The van der Waals surface area contributed by atoms with E-state index in [0.29, 0.717) is 29.5 Å². The van der Waals surface area contributed by atoms with E-state index in [1.54, 1.807) is 16.4 Å². The summed E-state index contributed by atoms with van der Waals surface area (Å²) in [7, 11) is -3.77. The number of ether oxygens (including phenoxy) is 1. The van der Waals surface area contributed by atoms with Crippen LogP contribution in [0.5, 0.6) is 5.75 Å². The molecule has 2 fully saturated rings. The summed E-state index contributed by atoms with van der Waals surface area (Å²) < 4.78 is 37.8. The zero-order valence-electron chi connectivity index (χ0n) is 24.6. The normalized spacial score (nSPS) is 22.1. The molecule has 6 rings (SSSR count). The molecule has 9 heteroatoms. The number of aromatic nitrogens is 2. The van der Waals surface area contributed by atoms with Crippen molar-refractivity contribution < 1.29 is 23.1 Å². The van der Waals surface area contributed by atoms with Crippen LogP contribution in [0, 0.1) is 5.92 Å². The van der Waals surface area contributed by atoms with E-state index < -0.39 is 16.0 Å². The number of hydrogen-bond acceptors (Lipinski definition) is 5. The molecule has 42 heavy (non-hydrogen) atoms. The molecule has 0 amide bonds. The van der Waals surface area contributed by atoms with Crippen molar-refractivity contribution in [2.75, 3.05) is 19.7 Å². The summed E-state index contributed by atoms with van der Waals surface area (Å²) in [6, 6.07) is 11.4. The van der Waals surface area contributed by atoms with E-state index in [-0.39, 0.29) is 30.8 Å². The van der Waals surface area contributed by atoms with Gasteiger partial charge >= 0.3 is 5.97 Å². The van der Waals surface area contributed by atoms with Gasteiger partial charge in [0.2, 0.25) is 10.0 Å². The zero-order chi connectivity index (χ0) is 29.4. The Bertz CT molecular complexity index is 1620. The number of hydrogen-bond donors (Lipinski definition) is 1. The summed E-state index contributed by atoms with van der Waals surface area (Å²) in [6.07, 6.45) is 10.8. The molecule has 1 aromatic heterocycles. The summed E-state index contributed by atoms with van der Waals surface area (Å²) in [5.41, 5.74) is 4.71. The molecule has 1 N–H and O–H groups in total. The third kappa shape index (κ3) is 5.49. The van der Waals surface area contributed by atoms with Gasteiger partial charge in [-0.25, -0.2) is 8.42 Å². The lowest BCUT2D eigenvalue weighted by Crippen LogP contribution is -2.30. The summed E-state index contributed by atoms with van der Waals surface area (Å²) in [6.45, 7) is 5.19. The van der Waals surface area contributed by atoms with E-state index in [2.05, 4.69) is 25.1 Å². The van der Waals surface area contributed by atoms with Gasteiger partial charge in [-0.05, 0) is 98.2 Å². The Kier molecular flexibility index (Phi) is 8.16. The predicted molar refractivity (Wildman–Crippen MR) is 163 cm³/mol. The molecule has 0 spiro atoms. The highest BCUT2D eigenvalue weighted by Crippen LogP contribution is 2.42. The average molecular weight is 592 g/mol. The fourth-order valence-electron chi connectivity index (χ4n) is 7.16. The average Bonchev–Trinajstić information content (AvgIpc) is 3.73. The fourth-order valence-corrected chi connectivity index (χ4v) is 8.99. The van der Waals surface area contributed by atoms with Gasteiger partial charge < -0.3 is 9.84 Å². The van der Waals surface area contributed by atoms with Crippen molar-refractivity contribution in [3.63, 3.8) is 0 Å². The van der Waals surface area contributed by atoms with Crippen molar-refractivity contribution in [1.82, 2.24) is 14.1 Å². The molecule has 1 saturated heterocycles. The Balaban J connectivity index is 1.37. The molecule has 2 atom stereocenters. The second kappa shape index (κ2) is 11.8. The van der Waals surface area contributed by atoms with E-state index in [4.69, 9.17) is 9.84 Å². The largest absolute Gasteiger partial charge is 0.494 e. The minimum Gasteiger partial charge on any atom is -0.494 e. The second-order valence-electron chi connectivity index (χ2n) is 12.1. The molecule has 224 valence electrons. The van der Waals surface area contributed by atoms with E-state index in [1.165, 1.54) is 12.0 Å². The van der Waals surface area contributed by atoms with Crippen LogP contribution in [0.4, 0.5) is 0 Å². The number of carboxylic acids is 1. The lowest BCUT2D eigenvalue weighted by molar-refractivity contribution is -0.136. The van der Waals surface area contributed by atoms with Crippen LogP contribution in [0.2, 0.25) is 0 Å². The number of carboxylic acid groups (broad SMARTS) is 1. The first-order valence-electron chi connectivity index (χ1n) is 15.5. The van der Waals surface area contributed by atoms with Gasteiger partial charge in [-0.2, -0.15) is 9.40 Å². The quantitative estimate of drug-likeness (QED) is 0.302. The molecule has 0 radical (unpaired) electrons. The molecule has 2 aliphatic carbocycles. The number of sulfonamides is 1. The number of nitrogens with zero attached hydrogens (tertiary/aromatic N) is 3. The van der Waals surface area contributed by atoms with Gasteiger partial charge in [-0.1, -0.05) is 38.0 Å². The molecular weight excluding hydrogens is 550 g/mol. The van der Waals surface area contributed by atoms with Crippen molar-refractivity contribution in [1.29, 1.82) is 0 Å². The molecule has 2 heterocycles. The van der Waals surface area contributed by atoms with Crippen LogP contribution in [0.3, 0.4) is 0 Å². The topological polar surface area (TPSA) is 102 Å². The van der Waals surface area contributed by atoms with Crippen LogP contribution in [-0.4, -0.2) is 53.3 Å². The maximum absolute atomic E-state index is 14.2. The molecule has 3 aliphatic rings. The lowest BCUT2D eigenvalue weighted by atomic mass is 9.93. The van der Waals surface area contributed by atoms with Crippen LogP contribution >= 0.6 is 0 Å². The van der Waals surface area contributed by atoms with Crippen LogP contribution in [0.15, 0.2) is 47.4 Å². The number of carbonyl (C=O) groups is 1. The van der Waals surface area contributed by atoms with Crippen molar-refractivity contribution in [3.8, 4) is 5.75 Å². The molecule has 1 aliphatic heterocycles. The standard InChI is InChI=1S/C33H41N3O5S/c1-3-41-26-14-16-32(28(18-26)24-11-7-8-12-24)42(39,40)35-20-22(2)31(21-35)36-30-17-25(23-9-5-4-6-10-23)13-15-27(30)29(34-36)19-33(37)38/h9,13-18,22,24,31H,3-8,10-12,19-21H2,1-2H3,(H,37,38)/t22-,31+/m1/s1. The number of allylic oxidation sites excluding steroid dienone is 2. The third-order valence-corrected chi connectivity index (χ3v) is 11.2. The SMILES string of the molecule is CCOc1ccc(S(=O)(=O)N2C[C@@H](C)[C@@H](n3nc(CC(=O)O)c4ccc(C5=CCCCC5)cc43)C2)c(C2CCCC2)c1. The Morgan fingerprint density at radius 2 is 1.88 bits per heavy atom. The van der Waals surface area contributed by atoms with Crippen molar-refractivity contribution in [2.45, 2.75) is 88.5 Å². The Hall–Kier alpha value is -3.17. The van der Waals surface area contributed by atoms with Crippen molar-refractivity contribution in [2.24, 2.45) is 5.92 Å². The van der Waals surface area contributed by atoms with Crippen molar-refractivity contribution >= 4 is 32.5 Å². The maximum atomic E-state index is 14.2. The first-order valence-corrected chi connectivity index (χ1v) is 16.9. The number of benzene rings is 2. The highest BCUT2D eigenvalue weighted by Gasteiger charge is 2.41. The van der Waals surface area contributed by atoms with Gasteiger partial charge in [0.25, 0.3) is 0 Å². The van der Waals surface area contributed by atoms with E-state index >= 15 is 0 Å². The van der Waals surface area contributed by atoms with Gasteiger partial charge in [0.05, 0.1) is 35.2 Å². The summed E-state index contributed by atoms with van der Waals surface area (Å²) in [5, 5.41) is 15.2. The van der Waals surface area contributed by atoms with Gasteiger partial charge in [0, 0.05) is 18.5 Å². The zero-order valence-corrected chi connectivity index (χ0v) is 25.4. The first-order chi connectivity index (χ1) is 20.3. The van der Waals surface area contributed by atoms with E-state index in [9.17, 15) is 18.3 Å². The van der Waals surface area contributed by atoms with Crippen molar-refractivity contribution in [3.05, 3.63) is 59.3 Å².